The summed E-state index contributed by atoms with van der Waals surface area (Å²) >= 11 is 1.86. The zero-order valence-corrected chi connectivity index (χ0v) is 12.9. The van der Waals surface area contributed by atoms with Crippen molar-refractivity contribution in [1.82, 2.24) is 0 Å². The molecule has 0 bridgehead atoms. The van der Waals surface area contributed by atoms with Crippen molar-refractivity contribution in [3.8, 4) is 0 Å². The van der Waals surface area contributed by atoms with Gasteiger partial charge in [0.25, 0.3) is 0 Å². The van der Waals surface area contributed by atoms with Gasteiger partial charge in [-0.1, -0.05) is 60.7 Å². The van der Waals surface area contributed by atoms with Crippen molar-refractivity contribution in [1.29, 1.82) is 0 Å². The van der Waals surface area contributed by atoms with E-state index >= 15 is 0 Å². The quantitative estimate of drug-likeness (QED) is 0.556. The molecule has 0 radical (unpaired) electrons. The Morgan fingerprint density at radius 3 is 2.23 bits per heavy atom. The van der Waals surface area contributed by atoms with E-state index in [0.29, 0.717) is 0 Å². The summed E-state index contributed by atoms with van der Waals surface area (Å²) < 4.78 is 2.69. The fourth-order valence-electron chi connectivity index (χ4n) is 3.03. The second-order valence-corrected chi connectivity index (χ2v) is 6.55. The molecule has 0 aliphatic carbocycles. The van der Waals surface area contributed by atoms with E-state index in [2.05, 4.69) is 48.5 Å². The van der Waals surface area contributed by atoms with Crippen LogP contribution in [0.2, 0.25) is 0 Å². The number of aliphatic hydroxyl groups excluding tert-OH is 1. The van der Waals surface area contributed by atoms with E-state index < -0.39 is 0 Å². The first-order chi connectivity index (χ1) is 10.9. The van der Waals surface area contributed by atoms with E-state index in [1.165, 1.54) is 31.3 Å². The highest BCUT2D eigenvalue weighted by molar-refractivity contribution is 7.26. The Labute approximate surface area is 133 Å². The molecule has 0 aliphatic rings. The predicted molar refractivity (Wildman–Crippen MR) is 94.5 cm³/mol. The zero-order chi connectivity index (χ0) is 14.9. The van der Waals surface area contributed by atoms with Gasteiger partial charge in [0.05, 0.1) is 6.61 Å². The van der Waals surface area contributed by atoms with Crippen molar-refractivity contribution < 1.29 is 5.11 Å². The molecule has 22 heavy (non-hydrogen) atoms. The Morgan fingerprint density at radius 2 is 1.36 bits per heavy atom. The van der Waals surface area contributed by atoms with Crippen LogP contribution in [0.15, 0.2) is 66.7 Å². The van der Waals surface area contributed by atoms with Crippen molar-refractivity contribution in [2.24, 2.45) is 0 Å². The molecule has 1 aromatic heterocycles. The molecule has 0 saturated heterocycles. The Morgan fingerprint density at radius 1 is 0.682 bits per heavy atom. The lowest BCUT2D eigenvalue weighted by Gasteiger charge is -2.08. The van der Waals surface area contributed by atoms with Gasteiger partial charge in [0.15, 0.2) is 0 Å². The van der Waals surface area contributed by atoms with Crippen LogP contribution in [0.4, 0.5) is 0 Å². The van der Waals surface area contributed by atoms with Gasteiger partial charge in [-0.3, -0.25) is 0 Å². The van der Waals surface area contributed by atoms with E-state index in [9.17, 15) is 5.11 Å². The summed E-state index contributed by atoms with van der Waals surface area (Å²) in [5, 5.41) is 12.2. The first-order valence-corrected chi connectivity index (χ1v) is 8.25. The summed E-state index contributed by atoms with van der Waals surface area (Å²) in [4.78, 5) is 0. The molecular formula is C20H16OS. The van der Waals surface area contributed by atoms with Gasteiger partial charge in [0.2, 0.25) is 0 Å². The van der Waals surface area contributed by atoms with Crippen molar-refractivity contribution in [3.05, 3.63) is 83.4 Å². The molecule has 0 fully saturated rings. The van der Waals surface area contributed by atoms with Gasteiger partial charge in [-0.25, -0.2) is 0 Å². The van der Waals surface area contributed by atoms with Crippen LogP contribution in [0.3, 0.4) is 0 Å². The molecule has 2 heteroatoms. The number of hydrogen-bond acceptors (Lipinski definition) is 2. The number of hydrogen-bond donors (Lipinski definition) is 1. The first kappa shape index (κ1) is 13.5. The van der Waals surface area contributed by atoms with Gasteiger partial charge in [-0.05, 0) is 29.2 Å². The smallest absolute Gasteiger partial charge is 0.0684 e. The molecule has 4 aromatic rings. The largest absolute Gasteiger partial charge is 0.392 e. The molecule has 0 atom stereocenters. The van der Waals surface area contributed by atoms with Crippen LogP contribution in [0.1, 0.15) is 16.7 Å². The predicted octanol–water partition coefficient (Wildman–Crippen LogP) is 5.14. The van der Waals surface area contributed by atoms with E-state index in [1.54, 1.807) is 0 Å². The molecular weight excluding hydrogens is 288 g/mol. The average molecular weight is 304 g/mol. The maximum Gasteiger partial charge on any atom is 0.0684 e. The van der Waals surface area contributed by atoms with Gasteiger partial charge in [0, 0.05) is 20.2 Å². The summed E-state index contributed by atoms with van der Waals surface area (Å²) in [6, 6.07) is 23.2. The number of rotatable bonds is 3. The van der Waals surface area contributed by atoms with Gasteiger partial charge < -0.3 is 5.11 Å². The number of aliphatic hydroxyl groups is 1. The Hall–Kier alpha value is -2.16. The van der Waals surface area contributed by atoms with Crippen molar-refractivity contribution in [3.63, 3.8) is 0 Å². The lowest BCUT2D eigenvalue weighted by molar-refractivity contribution is 0.281. The third kappa shape index (κ3) is 2.21. The summed E-state index contributed by atoms with van der Waals surface area (Å²) in [5.74, 6) is 0. The van der Waals surface area contributed by atoms with Crippen LogP contribution in [0.5, 0.6) is 0 Å². The van der Waals surface area contributed by atoms with Crippen LogP contribution in [-0.2, 0) is 13.0 Å². The Bertz CT molecular complexity index is 952. The molecule has 3 aromatic carbocycles. The third-order valence-corrected chi connectivity index (χ3v) is 5.42. The van der Waals surface area contributed by atoms with E-state index in [1.807, 2.05) is 29.5 Å². The van der Waals surface area contributed by atoms with Gasteiger partial charge >= 0.3 is 0 Å². The number of thiophene rings is 1. The Kier molecular flexibility index (Phi) is 3.41. The SMILES string of the molecule is OCc1ccccc1Cc1cccc2c1sc1ccccc12. The van der Waals surface area contributed by atoms with Gasteiger partial charge in [0.1, 0.15) is 0 Å². The fraction of sp³-hybridized carbons (Fsp3) is 0.100. The number of benzene rings is 3. The van der Waals surface area contributed by atoms with Crippen LogP contribution >= 0.6 is 11.3 Å². The van der Waals surface area contributed by atoms with Gasteiger partial charge in [-0.2, -0.15) is 0 Å². The summed E-state index contributed by atoms with van der Waals surface area (Å²) in [6.45, 7) is 0.0958. The molecule has 1 nitrogen and oxygen atoms in total. The second-order valence-electron chi connectivity index (χ2n) is 5.50. The normalized spacial score (nSPS) is 11.3. The highest BCUT2D eigenvalue weighted by atomic mass is 32.1. The first-order valence-electron chi connectivity index (χ1n) is 7.43. The summed E-state index contributed by atoms with van der Waals surface area (Å²) in [6.07, 6.45) is 0.862. The molecule has 0 unspecified atom stereocenters. The third-order valence-electron chi connectivity index (χ3n) is 4.16. The molecule has 0 amide bonds. The standard InChI is InChI=1S/C20H16OS/c21-13-16-7-2-1-6-14(16)12-15-8-5-10-18-17-9-3-4-11-19(17)22-20(15)18/h1-11,21H,12-13H2. The molecule has 1 N–H and O–H groups in total. The van der Waals surface area contributed by atoms with Crippen LogP contribution in [0, 0.1) is 0 Å². The van der Waals surface area contributed by atoms with E-state index in [4.69, 9.17) is 0 Å². The minimum atomic E-state index is 0.0958. The van der Waals surface area contributed by atoms with E-state index in [-0.39, 0.29) is 6.61 Å². The van der Waals surface area contributed by atoms with Crippen LogP contribution < -0.4 is 0 Å². The fourth-order valence-corrected chi connectivity index (χ4v) is 4.25. The summed E-state index contributed by atoms with van der Waals surface area (Å²) in [5.41, 5.74) is 3.55. The lowest BCUT2D eigenvalue weighted by atomic mass is 9.99. The molecule has 108 valence electrons. The minimum Gasteiger partial charge on any atom is -0.392 e. The molecule has 4 rings (SSSR count). The molecule has 0 spiro atoms. The molecule has 0 saturated carbocycles. The van der Waals surface area contributed by atoms with Gasteiger partial charge in [-0.15, -0.1) is 11.3 Å². The Balaban J connectivity index is 1.88. The highest BCUT2D eigenvalue weighted by Gasteiger charge is 2.10. The summed E-state index contributed by atoms with van der Waals surface area (Å²) in [7, 11) is 0. The maximum absolute atomic E-state index is 9.53. The average Bonchev–Trinajstić information content (AvgIpc) is 2.95. The highest BCUT2D eigenvalue weighted by Crippen LogP contribution is 2.36. The monoisotopic (exact) mass is 304 g/mol. The van der Waals surface area contributed by atoms with E-state index in [0.717, 1.165) is 12.0 Å². The van der Waals surface area contributed by atoms with Crippen LogP contribution in [0.25, 0.3) is 20.2 Å². The zero-order valence-electron chi connectivity index (χ0n) is 12.1. The molecule has 0 aliphatic heterocycles. The van der Waals surface area contributed by atoms with Crippen molar-refractivity contribution in [2.75, 3.05) is 0 Å². The maximum atomic E-state index is 9.53. The lowest BCUT2D eigenvalue weighted by Crippen LogP contribution is -1.95. The molecule has 1 heterocycles. The number of fused-ring (bicyclic) bond motifs is 3. The second kappa shape index (κ2) is 5.56. The van der Waals surface area contributed by atoms with Crippen molar-refractivity contribution >= 4 is 31.5 Å². The van der Waals surface area contributed by atoms with Crippen molar-refractivity contribution in [2.45, 2.75) is 13.0 Å². The topological polar surface area (TPSA) is 20.2 Å². The van der Waals surface area contributed by atoms with Crippen LogP contribution in [-0.4, -0.2) is 5.11 Å². The minimum absolute atomic E-state index is 0.0958.